The lowest BCUT2D eigenvalue weighted by Gasteiger charge is -2.22. The van der Waals surface area contributed by atoms with Gasteiger partial charge in [-0.05, 0) is 42.7 Å². The Kier molecular flexibility index (Phi) is 6.99. The fraction of sp³-hybridized carbons (Fsp3) is 0.278. The van der Waals surface area contributed by atoms with Gasteiger partial charge in [-0.1, -0.05) is 35.9 Å². The van der Waals surface area contributed by atoms with Gasteiger partial charge in [0.05, 0.1) is 11.9 Å². The quantitative estimate of drug-likeness (QED) is 0.695. The molecule has 0 unspecified atom stereocenters. The summed E-state index contributed by atoms with van der Waals surface area (Å²) in [6, 6.07) is 12.9. The summed E-state index contributed by atoms with van der Waals surface area (Å²) in [5.41, 5.74) is 0.944. The maximum Gasteiger partial charge on any atom is 0.240 e. The number of amides is 1. The highest BCUT2D eigenvalue weighted by Gasteiger charge is 2.23. The molecule has 0 aromatic heterocycles. The van der Waals surface area contributed by atoms with E-state index in [4.69, 9.17) is 11.6 Å². The maximum absolute atomic E-state index is 13.9. The van der Waals surface area contributed by atoms with E-state index >= 15 is 0 Å². The van der Waals surface area contributed by atoms with E-state index in [0.29, 0.717) is 18.0 Å². The number of anilines is 1. The van der Waals surface area contributed by atoms with Crippen LogP contribution in [0, 0.1) is 5.82 Å². The molecule has 0 saturated heterocycles. The summed E-state index contributed by atoms with van der Waals surface area (Å²) in [7, 11) is -3.79. The molecule has 8 heteroatoms. The van der Waals surface area contributed by atoms with Crippen LogP contribution in [0.25, 0.3) is 0 Å². The standard InChI is InChI=1S/C18H20ClFN2O3S/c1-26(24,25)22(17-7-3-2-6-16(17)20)13-18(23)21-12-4-5-14-8-10-15(19)11-9-14/h2-3,6-11H,4-5,12-13H2,1H3,(H,21,23). The molecule has 2 aromatic rings. The number of nitrogens with zero attached hydrogens (tertiary/aromatic N) is 1. The number of rotatable bonds is 8. The maximum atomic E-state index is 13.9. The summed E-state index contributed by atoms with van der Waals surface area (Å²) in [5.74, 6) is -1.19. The van der Waals surface area contributed by atoms with E-state index in [2.05, 4.69) is 5.32 Å². The molecule has 0 aliphatic heterocycles. The van der Waals surface area contributed by atoms with Gasteiger partial charge in [0.1, 0.15) is 12.4 Å². The van der Waals surface area contributed by atoms with E-state index < -0.39 is 28.3 Å². The van der Waals surface area contributed by atoms with Crippen molar-refractivity contribution in [1.82, 2.24) is 5.32 Å². The summed E-state index contributed by atoms with van der Waals surface area (Å²) in [6.07, 6.45) is 2.37. The van der Waals surface area contributed by atoms with Crippen molar-refractivity contribution >= 4 is 33.2 Å². The molecule has 0 aliphatic rings. The molecule has 0 saturated carbocycles. The molecule has 1 amide bonds. The number of para-hydroxylation sites is 1. The molecule has 2 aromatic carbocycles. The zero-order valence-electron chi connectivity index (χ0n) is 14.3. The molecule has 0 heterocycles. The summed E-state index contributed by atoms with van der Waals surface area (Å²) < 4.78 is 38.5. The third-order valence-corrected chi connectivity index (χ3v) is 5.06. The Morgan fingerprint density at radius 3 is 2.42 bits per heavy atom. The van der Waals surface area contributed by atoms with Crippen molar-refractivity contribution in [3.8, 4) is 0 Å². The number of hydrogen-bond donors (Lipinski definition) is 1. The molecular weight excluding hydrogens is 379 g/mol. The molecule has 2 rings (SSSR count). The van der Waals surface area contributed by atoms with Crippen LogP contribution in [0.3, 0.4) is 0 Å². The van der Waals surface area contributed by atoms with Crippen LogP contribution in [0.2, 0.25) is 5.02 Å². The normalized spacial score (nSPS) is 11.2. The van der Waals surface area contributed by atoms with Gasteiger partial charge in [-0.15, -0.1) is 0 Å². The fourth-order valence-electron chi connectivity index (χ4n) is 2.39. The van der Waals surface area contributed by atoms with Gasteiger partial charge < -0.3 is 5.32 Å². The van der Waals surface area contributed by atoms with Gasteiger partial charge in [-0.3, -0.25) is 9.10 Å². The highest BCUT2D eigenvalue weighted by atomic mass is 35.5. The second-order valence-electron chi connectivity index (χ2n) is 5.80. The molecule has 26 heavy (non-hydrogen) atoms. The zero-order chi connectivity index (χ0) is 19.2. The Morgan fingerprint density at radius 1 is 1.15 bits per heavy atom. The van der Waals surface area contributed by atoms with Gasteiger partial charge in [0, 0.05) is 11.6 Å². The molecule has 0 fully saturated rings. The van der Waals surface area contributed by atoms with Crippen LogP contribution < -0.4 is 9.62 Å². The Morgan fingerprint density at radius 2 is 1.81 bits per heavy atom. The van der Waals surface area contributed by atoms with Crippen molar-refractivity contribution < 1.29 is 17.6 Å². The minimum absolute atomic E-state index is 0.147. The topological polar surface area (TPSA) is 66.5 Å². The van der Waals surface area contributed by atoms with Gasteiger partial charge in [0.15, 0.2) is 0 Å². The molecule has 0 aliphatic carbocycles. The molecular formula is C18H20ClFN2O3S. The predicted molar refractivity (Wildman–Crippen MR) is 101 cm³/mol. The Bertz CT molecular complexity index is 857. The van der Waals surface area contributed by atoms with E-state index in [1.165, 1.54) is 18.2 Å². The van der Waals surface area contributed by atoms with E-state index in [1.807, 2.05) is 12.1 Å². The number of nitrogens with one attached hydrogen (secondary N) is 1. The average molecular weight is 399 g/mol. The van der Waals surface area contributed by atoms with E-state index in [1.54, 1.807) is 12.1 Å². The smallest absolute Gasteiger partial charge is 0.240 e. The number of carbonyl (C=O) groups is 1. The van der Waals surface area contributed by atoms with Crippen molar-refractivity contribution in [3.63, 3.8) is 0 Å². The SMILES string of the molecule is CS(=O)(=O)N(CC(=O)NCCCc1ccc(Cl)cc1)c1ccccc1F. The first-order valence-electron chi connectivity index (χ1n) is 8.01. The van der Waals surface area contributed by atoms with Crippen LogP contribution in [-0.2, 0) is 21.2 Å². The van der Waals surface area contributed by atoms with E-state index in [9.17, 15) is 17.6 Å². The number of aryl methyl sites for hydroxylation is 1. The average Bonchev–Trinajstić information content (AvgIpc) is 2.58. The third-order valence-electron chi connectivity index (χ3n) is 3.69. The first-order chi connectivity index (χ1) is 12.3. The molecule has 1 N–H and O–H groups in total. The van der Waals surface area contributed by atoms with Crippen LogP contribution in [0.15, 0.2) is 48.5 Å². The first-order valence-corrected chi connectivity index (χ1v) is 10.2. The molecule has 0 atom stereocenters. The summed E-state index contributed by atoms with van der Waals surface area (Å²) in [5, 5.41) is 3.33. The fourth-order valence-corrected chi connectivity index (χ4v) is 3.38. The van der Waals surface area contributed by atoms with Gasteiger partial charge in [0.25, 0.3) is 0 Å². The zero-order valence-corrected chi connectivity index (χ0v) is 15.9. The van der Waals surface area contributed by atoms with Crippen LogP contribution in [-0.4, -0.2) is 33.7 Å². The third kappa shape index (κ3) is 6.00. The molecule has 140 valence electrons. The molecule has 0 spiro atoms. The van der Waals surface area contributed by atoms with Gasteiger partial charge >= 0.3 is 0 Å². The molecule has 0 radical (unpaired) electrons. The van der Waals surface area contributed by atoms with E-state index in [-0.39, 0.29) is 5.69 Å². The number of benzene rings is 2. The Hall–Kier alpha value is -2.12. The summed E-state index contributed by atoms with van der Waals surface area (Å²) in [4.78, 5) is 12.1. The highest BCUT2D eigenvalue weighted by Crippen LogP contribution is 2.20. The largest absolute Gasteiger partial charge is 0.355 e. The van der Waals surface area contributed by atoms with Crippen molar-refractivity contribution in [1.29, 1.82) is 0 Å². The minimum atomic E-state index is -3.79. The predicted octanol–water partition coefficient (Wildman–Crippen LogP) is 2.99. The first kappa shape index (κ1) is 20.2. The molecule has 5 nitrogen and oxygen atoms in total. The van der Waals surface area contributed by atoms with Crippen LogP contribution in [0.4, 0.5) is 10.1 Å². The second-order valence-corrected chi connectivity index (χ2v) is 8.14. The van der Waals surface area contributed by atoms with Crippen molar-refractivity contribution in [2.75, 3.05) is 23.7 Å². The van der Waals surface area contributed by atoms with Gasteiger partial charge in [0.2, 0.25) is 15.9 Å². The number of sulfonamides is 1. The highest BCUT2D eigenvalue weighted by molar-refractivity contribution is 7.92. The van der Waals surface area contributed by atoms with Crippen molar-refractivity contribution in [3.05, 3.63) is 64.9 Å². The van der Waals surface area contributed by atoms with E-state index in [0.717, 1.165) is 28.6 Å². The summed E-state index contributed by atoms with van der Waals surface area (Å²) >= 11 is 5.82. The van der Waals surface area contributed by atoms with Crippen LogP contribution in [0.1, 0.15) is 12.0 Å². The number of halogens is 2. The lowest BCUT2D eigenvalue weighted by molar-refractivity contribution is -0.119. The van der Waals surface area contributed by atoms with Gasteiger partial charge in [-0.2, -0.15) is 0 Å². The lowest BCUT2D eigenvalue weighted by Crippen LogP contribution is -2.41. The Balaban J connectivity index is 1.89. The second kappa shape index (κ2) is 9.00. The van der Waals surface area contributed by atoms with Crippen molar-refractivity contribution in [2.24, 2.45) is 0 Å². The number of carbonyl (C=O) groups excluding carboxylic acids is 1. The Labute approximate surface area is 157 Å². The van der Waals surface area contributed by atoms with Crippen LogP contribution in [0.5, 0.6) is 0 Å². The number of hydrogen-bond acceptors (Lipinski definition) is 3. The lowest BCUT2D eigenvalue weighted by atomic mass is 10.1. The van der Waals surface area contributed by atoms with Gasteiger partial charge in [-0.25, -0.2) is 12.8 Å². The summed E-state index contributed by atoms with van der Waals surface area (Å²) in [6.45, 7) is -0.0863. The van der Waals surface area contributed by atoms with Crippen LogP contribution >= 0.6 is 11.6 Å². The minimum Gasteiger partial charge on any atom is -0.355 e. The van der Waals surface area contributed by atoms with Crippen molar-refractivity contribution in [2.45, 2.75) is 12.8 Å². The molecule has 0 bridgehead atoms. The monoisotopic (exact) mass is 398 g/mol.